The normalized spacial score (nSPS) is 16.3. The van der Waals surface area contributed by atoms with Crippen LogP contribution in [0.15, 0.2) is 33.7 Å². The molecule has 0 radical (unpaired) electrons. The van der Waals surface area contributed by atoms with Gasteiger partial charge >= 0.3 is 0 Å². The van der Waals surface area contributed by atoms with E-state index in [1.807, 2.05) is 18.2 Å². The molecule has 126 valence electrons. The van der Waals surface area contributed by atoms with Crippen molar-refractivity contribution in [2.45, 2.75) is 19.8 Å². The van der Waals surface area contributed by atoms with E-state index in [4.69, 9.17) is 0 Å². The van der Waals surface area contributed by atoms with Crippen molar-refractivity contribution in [3.8, 4) is 0 Å². The second kappa shape index (κ2) is 8.91. The van der Waals surface area contributed by atoms with E-state index in [-0.39, 0.29) is 5.91 Å². The molecule has 0 saturated carbocycles. The number of rotatable bonds is 4. The zero-order valence-electron chi connectivity index (χ0n) is 13.8. The van der Waals surface area contributed by atoms with Crippen molar-refractivity contribution in [1.29, 1.82) is 0 Å². The molecule has 0 bridgehead atoms. The Morgan fingerprint density at radius 1 is 1.30 bits per heavy atom. The molecule has 0 spiro atoms. The van der Waals surface area contributed by atoms with Crippen LogP contribution in [0.4, 0.5) is 0 Å². The van der Waals surface area contributed by atoms with E-state index in [2.05, 4.69) is 43.4 Å². The molecule has 1 saturated heterocycles. The van der Waals surface area contributed by atoms with Crippen LogP contribution >= 0.6 is 15.9 Å². The summed E-state index contributed by atoms with van der Waals surface area (Å²) in [5.74, 6) is 1.66. The summed E-state index contributed by atoms with van der Waals surface area (Å²) in [6.45, 7) is 5.62. The van der Waals surface area contributed by atoms with Crippen LogP contribution in [0.3, 0.4) is 0 Å². The van der Waals surface area contributed by atoms with Gasteiger partial charge in [-0.05, 0) is 37.0 Å². The number of nitrogens with one attached hydrogen (secondary N) is 2. The minimum atomic E-state index is -0.0603. The van der Waals surface area contributed by atoms with Gasteiger partial charge in [-0.25, -0.2) is 0 Å². The Balaban J connectivity index is 1.72. The Kier molecular flexibility index (Phi) is 6.89. The second-order valence-corrected chi connectivity index (χ2v) is 6.83. The highest BCUT2D eigenvalue weighted by molar-refractivity contribution is 9.10. The molecule has 0 atom stereocenters. The Morgan fingerprint density at radius 3 is 2.65 bits per heavy atom. The van der Waals surface area contributed by atoms with Gasteiger partial charge in [-0.2, -0.15) is 0 Å². The van der Waals surface area contributed by atoms with Gasteiger partial charge in [0.2, 0.25) is 0 Å². The molecule has 1 aromatic carbocycles. The van der Waals surface area contributed by atoms with E-state index in [0.29, 0.717) is 18.7 Å². The molecule has 1 heterocycles. The minimum Gasteiger partial charge on any atom is -0.354 e. The summed E-state index contributed by atoms with van der Waals surface area (Å²) in [6.07, 6.45) is 2.42. The zero-order chi connectivity index (χ0) is 16.7. The summed E-state index contributed by atoms with van der Waals surface area (Å²) >= 11 is 3.38. The molecule has 1 aromatic rings. The predicted octanol–water partition coefficient (Wildman–Crippen LogP) is 2.49. The molecule has 5 nitrogen and oxygen atoms in total. The molecular weight excluding hydrogens is 356 g/mol. The van der Waals surface area contributed by atoms with Gasteiger partial charge in [0.05, 0.1) is 0 Å². The van der Waals surface area contributed by atoms with Crippen molar-refractivity contribution in [3.05, 3.63) is 34.3 Å². The average Bonchev–Trinajstić information content (AvgIpc) is 2.56. The zero-order valence-corrected chi connectivity index (χ0v) is 15.4. The van der Waals surface area contributed by atoms with Crippen LogP contribution in [0, 0.1) is 5.92 Å². The highest BCUT2D eigenvalue weighted by Crippen LogP contribution is 2.15. The summed E-state index contributed by atoms with van der Waals surface area (Å²) in [4.78, 5) is 18.7. The number of nitrogens with zero attached hydrogens (tertiary/aromatic N) is 2. The lowest BCUT2D eigenvalue weighted by Gasteiger charge is -2.32. The number of amides is 1. The van der Waals surface area contributed by atoms with E-state index in [1.165, 1.54) is 12.8 Å². The number of carbonyl (C=O) groups excluding carboxylic acids is 1. The molecule has 0 aromatic heterocycles. The van der Waals surface area contributed by atoms with Crippen molar-refractivity contribution in [2.24, 2.45) is 10.9 Å². The number of hydrogen-bond acceptors (Lipinski definition) is 2. The van der Waals surface area contributed by atoms with Gasteiger partial charge in [-0.15, -0.1) is 0 Å². The minimum absolute atomic E-state index is 0.0603. The molecule has 1 amide bonds. The first kappa shape index (κ1) is 17.8. The largest absolute Gasteiger partial charge is 0.354 e. The third-order valence-electron chi connectivity index (χ3n) is 4.08. The fourth-order valence-corrected chi connectivity index (χ4v) is 3.03. The van der Waals surface area contributed by atoms with Gasteiger partial charge in [0, 0.05) is 43.3 Å². The van der Waals surface area contributed by atoms with E-state index in [0.717, 1.165) is 29.4 Å². The number of aliphatic imine (C=N–C) groups is 1. The topological polar surface area (TPSA) is 56.7 Å². The van der Waals surface area contributed by atoms with Gasteiger partial charge in [0.1, 0.15) is 0 Å². The summed E-state index contributed by atoms with van der Waals surface area (Å²) in [7, 11) is 1.81. The van der Waals surface area contributed by atoms with E-state index >= 15 is 0 Å². The lowest BCUT2D eigenvalue weighted by molar-refractivity contribution is 0.0954. The fourth-order valence-electron chi connectivity index (χ4n) is 2.63. The third-order valence-corrected chi connectivity index (χ3v) is 4.57. The summed E-state index contributed by atoms with van der Waals surface area (Å²) < 4.78 is 0.906. The third kappa shape index (κ3) is 5.53. The Labute approximate surface area is 146 Å². The van der Waals surface area contributed by atoms with Gasteiger partial charge in [0.25, 0.3) is 5.91 Å². The molecule has 23 heavy (non-hydrogen) atoms. The SMILES string of the molecule is CN=C(NCCNC(=O)c1cccc(Br)c1)N1CCC(C)CC1. The Hall–Kier alpha value is -1.56. The summed E-state index contributed by atoms with van der Waals surface area (Å²) in [6, 6.07) is 7.39. The number of likely N-dealkylation sites (tertiary alicyclic amines) is 1. The average molecular weight is 381 g/mol. The summed E-state index contributed by atoms with van der Waals surface area (Å²) in [5.41, 5.74) is 0.661. The second-order valence-electron chi connectivity index (χ2n) is 5.91. The number of guanidine groups is 1. The molecule has 2 N–H and O–H groups in total. The van der Waals surface area contributed by atoms with Crippen LogP contribution in [0.1, 0.15) is 30.1 Å². The molecule has 1 fully saturated rings. The van der Waals surface area contributed by atoms with E-state index in [1.54, 1.807) is 13.1 Å². The van der Waals surface area contributed by atoms with Crippen LogP contribution in [0.5, 0.6) is 0 Å². The quantitative estimate of drug-likeness (QED) is 0.479. The van der Waals surface area contributed by atoms with Crippen molar-refractivity contribution in [2.75, 3.05) is 33.2 Å². The number of benzene rings is 1. The molecule has 0 aliphatic carbocycles. The number of piperidine rings is 1. The molecule has 2 rings (SSSR count). The molecular formula is C17H25BrN4O. The van der Waals surface area contributed by atoms with Crippen LogP contribution in [-0.2, 0) is 0 Å². The highest BCUT2D eigenvalue weighted by Gasteiger charge is 2.18. The van der Waals surface area contributed by atoms with Crippen molar-refractivity contribution in [1.82, 2.24) is 15.5 Å². The van der Waals surface area contributed by atoms with Gasteiger partial charge in [0.15, 0.2) is 5.96 Å². The van der Waals surface area contributed by atoms with Gasteiger partial charge < -0.3 is 15.5 Å². The van der Waals surface area contributed by atoms with Crippen molar-refractivity contribution < 1.29 is 4.79 Å². The first-order valence-corrected chi connectivity index (χ1v) is 8.89. The standard InChI is InChI=1S/C17H25BrN4O/c1-13-6-10-22(11-7-13)17(19-2)21-9-8-20-16(23)14-4-3-5-15(18)12-14/h3-5,12-13H,6-11H2,1-2H3,(H,19,21)(H,20,23). The van der Waals surface area contributed by atoms with Crippen LogP contribution in [0.2, 0.25) is 0 Å². The number of halogens is 1. The molecule has 0 unspecified atom stereocenters. The molecule has 1 aliphatic rings. The van der Waals surface area contributed by atoms with Crippen molar-refractivity contribution >= 4 is 27.8 Å². The van der Waals surface area contributed by atoms with Gasteiger partial charge in [-0.1, -0.05) is 28.9 Å². The first-order chi connectivity index (χ1) is 11.1. The number of hydrogen-bond donors (Lipinski definition) is 2. The smallest absolute Gasteiger partial charge is 0.251 e. The monoisotopic (exact) mass is 380 g/mol. The number of carbonyl (C=O) groups is 1. The molecule has 1 aliphatic heterocycles. The van der Waals surface area contributed by atoms with Crippen molar-refractivity contribution in [3.63, 3.8) is 0 Å². The molecule has 6 heteroatoms. The summed E-state index contributed by atoms with van der Waals surface area (Å²) in [5, 5.41) is 6.24. The lowest BCUT2D eigenvalue weighted by Crippen LogP contribution is -2.47. The maximum Gasteiger partial charge on any atom is 0.251 e. The van der Waals surface area contributed by atoms with E-state index in [9.17, 15) is 4.79 Å². The fraction of sp³-hybridized carbons (Fsp3) is 0.529. The van der Waals surface area contributed by atoms with Crippen LogP contribution in [0.25, 0.3) is 0 Å². The van der Waals surface area contributed by atoms with Gasteiger partial charge in [-0.3, -0.25) is 9.79 Å². The van der Waals surface area contributed by atoms with Crippen LogP contribution < -0.4 is 10.6 Å². The highest BCUT2D eigenvalue weighted by atomic mass is 79.9. The first-order valence-electron chi connectivity index (χ1n) is 8.09. The van der Waals surface area contributed by atoms with Crippen LogP contribution in [-0.4, -0.2) is 50.0 Å². The lowest BCUT2D eigenvalue weighted by atomic mass is 10.00. The van der Waals surface area contributed by atoms with E-state index < -0.39 is 0 Å². The maximum atomic E-state index is 12.0. The Bertz CT molecular complexity index is 553. The predicted molar refractivity (Wildman–Crippen MR) is 97.8 cm³/mol. The Morgan fingerprint density at radius 2 is 2.00 bits per heavy atom. The maximum absolute atomic E-state index is 12.0.